The Hall–Kier alpha value is -1.42. The van der Waals surface area contributed by atoms with Crippen molar-refractivity contribution >= 4 is 0 Å². The van der Waals surface area contributed by atoms with Gasteiger partial charge in [-0.2, -0.15) is 0 Å². The molecule has 0 saturated carbocycles. The Bertz CT molecular complexity index is 359. The van der Waals surface area contributed by atoms with Crippen molar-refractivity contribution in [1.29, 1.82) is 0 Å². The largest absolute Gasteiger partial charge is 0.489 e. The minimum atomic E-state index is -0.644. The van der Waals surface area contributed by atoms with Gasteiger partial charge < -0.3 is 10.1 Å². The predicted molar refractivity (Wildman–Crippen MR) is 64.2 cm³/mol. The van der Waals surface area contributed by atoms with E-state index in [1.54, 1.807) is 0 Å². The molecule has 0 aliphatic rings. The molecule has 0 aliphatic carbocycles. The van der Waals surface area contributed by atoms with Gasteiger partial charge in [-0.15, -0.1) is 0 Å². The number of benzene rings is 1. The van der Waals surface area contributed by atoms with E-state index in [9.17, 15) is 8.78 Å². The van der Waals surface area contributed by atoms with Crippen molar-refractivity contribution in [3.63, 3.8) is 0 Å². The van der Waals surface area contributed by atoms with Crippen LogP contribution in [0.1, 0.15) is 13.3 Å². The third-order valence-corrected chi connectivity index (χ3v) is 2.08. The molecule has 17 heavy (non-hydrogen) atoms. The van der Waals surface area contributed by atoms with Gasteiger partial charge in [0.2, 0.25) is 0 Å². The van der Waals surface area contributed by atoms with Gasteiger partial charge in [0.25, 0.3) is 0 Å². The van der Waals surface area contributed by atoms with Gasteiger partial charge in [0.05, 0.1) is 0 Å². The molecule has 1 aromatic rings. The summed E-state index contributed by atoms with van der Waals surface area (Å²) in [5.74, 6) is -1.11. The normalized spacial score (nSPS) is 10.3. The average molecular weight is 241 g/mol. The highest BCUT2D eigenvalue weighted by atomic mass is 19.1. The van der Waals surface area contributed by atoms with E-state index in [1.807, 2.05) is 0 Å². The SMILES string of the molecule is C=C(CNCCC)COc1cc(F)cc(F)c1. The van der Waals surface area contributed by atoms with Gasteiger partial charge in [-0.05, 0) is 18.5 Å². The molecule has 0 heterocycles. The first-order chi connectivity index (χ1) is 8.11. The number of hydrogen-bond acceptors (Lipinski definition) is 2. The van der Waals surface area contributed by atoms with Crippen LogP contribution in [-0.2, 0) is 0 Å². The summed E-state index contributed by atoms with van der Waals surface area (Å²) < 4.78 is 30.9. The standard InChI is InChI=1S/C13H17F2NO/c1-3-4-16-8-10(2)9-17-13-6-11(14)5-12(15)7-13/h5-7,16H,2-4,8-9H2,1H3. The highest BCUT2D eigenvalue weighted by Gasteiger charge is 2.02. The zero-order chi connectivity index (χ0) is 12.7. The maximum Gasteiger partial charge on any atom is 0.129 e. The summed E-state index contributed by atoms with van der Waals surface area (Å²) in [5, 5.41) is 3.17. The van der Waals surface area contributed by atoms with Crippen LogP contribution in [0.3, 0.4) is 0 Å². The summed E-state index contributed by atoms with van der Waals surface area (Å²) >= 11 is 0. The minimum absolute atomic E-state index is 0.180. The van der Waals surface area contributed by atoms with Crippen molar-refractivity contribution in [3.8, 4) is 5.75 Å². The monoisotopic (exact) mass is 241 g/mol. The Balaban J connectivity index is 2.36. The summed E-state index contributed by atoms with van der Waals surface area (Å²) in [7, 11) is 0. The maximum atomic E-state index is 12.8. The first-order valence-electron chi connectivity index (χ1n) is 5.58. The second-order valence-electron chi connectivity index (χ2n) is 3.82. The van der Waals surface area contributed by atoms with Gasteiger partial charge in [-0.1, -0.05) is 13.5 Å². The third-order valence-electron chi connectivity index (χ3n) is 2.08. The van der Waals surface area contributed by atoms with Crippen LogP contribution in [0.2, 0.25) is 0 Å². The van der Waals surface area contributed by atoms with E-state index in [-0.39, 0.29) is 12.4 Å². The summed E-state index contributed by atoms with van der Waals surface area (Å²) in [6, 6.07) is 3.11. The number of hydrogen-bond donors (Lipinski definition) is 1. The minimum Gasteiger partial charge on any atom is -0.489 e. The Morgan fingerprint density at radius 1 is 1.29 bits per heavy atom. The molecule has 0 atom stereocenters. The fourth-order valence-electron chi connectivity index (χ4n) is 1.29. The summed E-state index contributed by atoms with van der Waals surface area (Å²) in [4.78, 5) is 0. The van der Waals surface area contributed by atoms with E-state index < -0.39 is 11.6 Å². The maximum absolute atomic E-state index is 12.8. The number of ether oxygens (including phenoxy) is 1. The lowest BCUT2D eigenvalue weighted by Crippen LogP contribution is -2.20. The molecule has 1 rings (SSSR count). The second kappa shape index (κ2) is 7.01. The van der Waals surface area contributed by atoms with Crippen molar-refractivity contribution < 1.29 is 13.5 Å². The highest BCUT2D eigenvalue weighted by Crippen LogP contribution is 2.15. The van der Waals surface area contributed by atoms with E-state index in [0.717, 1.165) is 36.7 Å². The summed E-state index contributed by atoms with van der Waals surface area (Å²) in [6.07, 6.45) is 1.04. The molecule has 0 amide bonds. The molecule has 0 spiro atoms. The van der Waals surface area contributed by atoms with Gasteiger partial charge in [0.1, 0.15) is 24.0 Å². The van der Waals surface area contributed by atoms with Gasteiger partial charge in [0, 0.05) is 24.7 Å². The first-order valence-corrected chi connectivity index (χ1v) is 5.58. The molecule has 4 heteroatoms. The Kier molecular flexibility index (Phi) is 5.63. The zero-order valence-electron chi connectivity index (χ0n) is 9.93. The van der Waals surface area contributed by atoms with Gasteiger partial charge in [-0.3, -0.25) is 0 Å². The van der Waals surface area contributed by atoms with E-state index >= 15 is 0 Å². The van der Waals surface area contributed by atoms with Gasteiger partial charge in [-0.25, -0.2) is 8.78 Å². The molecule has 0 aliphatic heterocycles. The molecule has 94 valence electrons. The summed E-state index contributed by atoms with van der Waals surface area (Å²) in [5.41, 5.74) is 0.836. The molecule has 0 aromatic heterocycles. The van der Waals surface area contributed by atoms with E-state index in [2.05, 4.69) is 18.8 Å². The van der Waals surface area contributed by atoms with E-state index in [4.69, 9.17) is 4.74 Å². The Morgan fingerprint density at radius 3 is 2.53 bits per heavy atom. The summed E-state index contributed by atoms with van der Waals surface area (Å²) in [6.45, 7) is 7.69. The lowest BCUT2D eigenvalue weighted by molar-refractivity contribution is 0.343. The smallest absolute Gasteiger partial charge is 0.129 e. The number of nitrogens with one attached hydrogen (secondary N) is 1. The molecule has 1 N–H and O–H groups in total. The lowest BCUT2D eigenvalue weighted by Gasteiger charge is -2.09. The molecule has 0 bridgehead atoms. The van der Waals surface area contributed by atoms with Crippen LogP contribution in [0.15, 0.2) is 30.4 Å². The van der Waals surface area contributed by atoms with E-state index in [0.29, 0.717) is 6.54 Å². The van der Waals surface area contributed by atoms with E-state index in [1.165, 1.54) is 0 Å². The van der Waals surface area contributed by atoms with Crippen LogP contribution in [-0.4, -0.2) is 19.7 Å². The lowest BCUT2D eigenvalue weighted by atomic mass is 10.3. The van der Waals surface area contributed by atoms with Crippen molar-refractivity contribution in [2.75, 3.05) is 19.7 Å². The van der Waals surface area contributed by atoms with Crippen LogP contribution < -0.4 is 10.1 Å². The molecule has 0 radical (unpaired) electrons. The van der Waals surface area contributed by atoms with Gasteiger partial charge >= 0.3 is 0 Å². The first kappa shape index (κ1) is 13.6. The fraction of sp³-hybridized carbons (Fsp3) is 0.385. The van der Waals surface area contributed by atoms with Crippen molar-refractivity contribution in [2.45, 2.75) is 13.3 Å². The van der Waals surface area contributed by atoms with Crippen LogP contribution in [0.4, 0.5) is 8.78 Å². The van der Waals surface area contributed by atoms with Gasteiger partial charge in [0.15, 0.2) is 0 Å². The number of halogens is 2. The zero-order valence-corrected chi connectivity index (χ0v) is 9.93. The van der Waals surface area contributed by atoms with Crippen molar-refractivity contribution in [3.05, 3.63) is 42.0 Å². The van der Waals surface area contributed by atoms with Crippen molar-refractivity contribution in [2.24, 2.45) is 0 Å². The third kappa shape index (κ3) is 5.45. The van der Waals surface area contributed by atoms with Crippen LogP contribution >= 0.6 is 0 Å². The highest BCUT2D eigenvalue weighted by molar-refractivity contribution is 5.24. The molecule has 0 fully saturated rings. The van der Waals surface area contributed by atoms with Crippen LogP contribution in [0.5, 0.6) is 5.75 Å². The Labute approximate surface area is 100 Å². The second-order valence-corrected chi connectivity index (χ2v) is 3.82. The van der Waals surface area contributed by atoms with Crippen molar-refractivity contribution in [1.82, 2.24) is 5.32 Å². The molecular weight excluding hydrogens is 224 g/mol. The molecule has 2 nitrogen and oxygen atoms in total. The molecule has 0 saturated heterocycles. The quantitative estimate of drug-likeness (QED) is 0.585. The topological polar surface area (TPSA) is 21.3 Å². The predicted octanol–water partition coefficient (Wildman–Crippen LogP) is 2.90. The fourth-order valence-corrected chi connectivity index (χ4v) is 1.29. The average Bonchev–Trinajstić information content (AvgIpc) is 2.25. The Morgan fingerprint density at radius 2 is 1.94 bits per heavy atom. The molecule has 0 unspecified atom stereocenters. The molecular formula is C13H17F2NO. The molecule has 1 aromatic carbocycles. The number of rotatable bonds is 7. The van der Waals surface area contributed by atoms with Crippen LogP contribution in [0.25, 0.3) is 0 Å². The van der Waals surface area contributed by atoms with Crippen LogP contribution in [0, 0.1) is 11.6 Å².